The van der Waals surface area contributed by atoms with Crippen LogP contribution in [0.5, 0.6) is 0 Å². The number of allylic oxidation sites excluding steroid dienone is 1. The van der Waals surface area contributed by atoms with Gasteiger partial charge in [0.25, 0.3) is 5.78 Å². The average molecular weight is 182 g/mol. The lowest BCUT2D eigenvalue weighted by atomic mass is 10.1. The molecule has 5 nitrogen and oxygen atoms in total. The van der Waals surface area contributed by atoms with Crippen molar-refractivity contribution < 1.29 is 23.8 Å². The second-order valence-corrected chi connectivity index (χ2v) is 2.47. The first-order chi connectivity index (χ1) is 6.24. The summed E-state index contributed by atoms with van der Waals surface area (Å²) in [4.78, 5) is 22.6. The Labute approximate surface area is 73.6 Å². The van der Waals surface area contributed by atoms with Crippen molar-refractivity contribution >= 4 is 11.6 Å². The number of Topliss-reactive ketones (excluding diaryl/α,β-unsaturated/α-hetero) is 1. The molecule has 0 atom stereocenters. The zero-order valence-corrected chi connectivity index (χ0v) is 6.83. The van der Waals surface area contributed by atoms with E-state index in [-0.39, 0.29) is 24.1 Å². The minimum Gasteiger partial charge on any atom is -0.492 e. The number of carbonyl (C=O) groups is 2. The third kappa shape index (κ3) is 1.00. The first-order valence-electron chi connectivity index (χ1n) is 3.58. The summed E-state index contributed by atoms with van der Waals surface area (Å²) in [7, 11) is 1.32. The Hall–Kier alpha value is -1.78. The number of carbonyl (C=O) groups excluding carboxylic acids is 2. The van der Waals surface area contributed by atoms with Gasteiger partial charge in [-0.3, -0.25) is 9.59 Å². The summed E-state index contributed by atoms with van der Waals surface area (Å²) >= 11 is 0. The summed E-state index contributed by atoms with van der Waals surface area (Å²) < 4.78 is 14.4. The molecule has 0 radical (unpaired) electrons. The number of hydrogen-bond donors (Lipinski definition) is 0. The number of hydrogen-bond acceptors (Lipinski definition) is 5. The Morgan fingerprint density at radius 1 is 1.31 bits per heavy atom. The molecule has 0 unspecified atom stereocenters. The Kier molecular flexibility index (Phi) is 1.58. The third-order valence-corrected chi connectivity index (χ3v) is 1.75. The van der Waals surface area contributed by atoms with E-state index in [1.165, 1.54) is 7.11 Å². The highest BCUT2D eigenvalue weighted by Crippen LogP contribution is 2.25. The molecule has 0 saturated heterocycles. The predicted molar refractivity (Wildman–Crippen MR) is 39.2 cm³/mol. The second kappa shape index (κ2) is 2.62. The van der Waals surface area contributed by atoms with Crippen molar-refractivity contribution in [2.24, 2.45) is 0 Å². The fourth-order valence-corrected chi connectivity index (χ4v) is 1.14. The van der Waals surface area contributed by atoms with Crippen LogP contribution in [0.25, 0.3) is 0 Å². The van der Waals surface area contributed by atoms with Gasteiger partial charge in [-0.15, -0.1) is 0 Å². The van der Waals surface area contributed by atoms with Gasteiger partial charge in [-0.1, -0.05) is 0 Å². The quantitative estimate of drug-likeness (QED) is 0.529. The molecule has 0 aromatic heterocycles. The van der Waals surface area contributed by atoms with Crippen molar-refractivity contribution in [3.8, 4) is 0 Å². The van der Waals surface area contributed by atoms with Crippen LogP contribution in [0.2, 0.25) is 0 Å². The molecular weight excluding hydrogens is 176 g/mol. The van der Waals surface area contributed by atoms with Crippen LogP contribution in [0.3, 0.4) is 0 Å². The monoisotopic (exact) mass is 182 g/mol. The van der Waals surface area contributed by atoms with Crippen LogP contribution in [-0.4, -0.2) is 25.5 Å². The van der Waals surface area contributed by atoms with Gasteiger partial charge < -0.3 is 14.2 Å². The van der Waals surface area contributed by atoms with E-state index >= 15 is 0 Å². The molecule has 0 spiro atoms. The zero-order chi connectivity index (χ0) is 9.42. The van der Waals surface area contributed by atoms with Gasteiger partial charge in [0.05, 0.1) is 7.11 Å². The molecule has 0 N–H and O–H groups in total. The first kappa shape index (κ1) is 7.85. The average Bonchev–Trinajstić information content (AvgIpc) is 2.60. The van der Waals surface area contributed by atoms with Crippen LogP contribution in [-0.2, 0) is 23.8 Å². The molecular formula is C8H6O5. The van der Waals surface area contributed by atoms with Gasteiger partial charge >= 0.3 is 0 Å². The van der Waals surface area contributed by atoms with Crippen molar-refractivity contribution in [1.82, 2.24) is 0 Å². The smallest absolute Gasteiger partial charge is 0.266 e. The summed E-state index contributed by atoms with van der Waals surface area (Å²) in [5.74, 6) is -0.942. The summed E-state index contributed by atoms with van der Waals surface area (Å²) in [5.41, 5.74) is 0. The maximum absolute atomic E-state index is 11.4. The normalized spacial score (nSPS) is 20.5. The molecule has 2 aliphatic rings. The first-order valence-corrected chi connectivity index (χ1v) is 3.58. The number of ketones is 2. The molecule has 68 valence electrons. The fourth-order valence-electron chi connectivity index (χ4n) is 1.14. The van der Waals surface area contributed by atoms with Crippen LogP contribution in [0.4, 0.5) is 0 Å². The molecule has 0 fully saturated rings. The summed E-state index contributed by atoms with van der Waals surface area (Å²) in [5, 5.41) is 0. The number of methoxy groups -OCH3 is 1. The lowest BCUT2D eigenvalue weighted by Gasteiger charge is -2.08. The van der Waals surface area contributed by atoms with Gasteiger partial charge in [0.1, 0.15) is 0 Å². The van der Waals surface area contributed by atoms with E-state index in [0.29, 0.717) is 0 Å². The number of ether oxygens (including phenoxy) is 3. The Morgan fingerprint density at radius 3 is 2.69 bits per heavy atom. The Morgan fingerprint density at radius 2 is 2.00 bits per heavy atom. The molecule has 0 aromatic rings. The van der Waals surface area contributed by atoms with Crippen molar-refractivity contribution in [3.05, 3.63) is 23.4 Å². The maximum Gasteiger partial charge on any atom is 0.266 e. The van der Waals surface area contributed by atoms with Crippen LogP contribution in [0.1, 0.15) is 0 Å². The molecule has 0 aromatic carbocycles. The summed E-state index contributed by atoms with van der Waals surface area (Å²) in [6, 6.07) is 0. The standard InChI is InChI=1S/C8H6O5/c1-11-5-2-4(9)7-8(6(5)10)13-3-12-7/h2H,3H2,1H3. The maximum atomic E-state index is 11.4. The van der Waals surface area contributed by atoms with Gasteiger partial charge in [0.15, 0.2) is 5.76 Å². The minimum absolute atomic E-state index is 0.0192. The van der Waals surface area contributed by atoms with Crippen molar-refractivity contribution in [2.75, 3.05) is 13.9 Å². The Bertz CT molecular complexity index is 350. The molecule has 1 aliphatic carbocycles. The minimum atomic E-state index is -0.449. The van der Waals surface area contributed by atoms with Gasteiger partial charge in [0.2, 0.25) is 24.1 Å². The van der Waals surface area contributed by atoms with Crippen LogP contribution in [0, 0.1) is 0 Å². The molecule has 13 heavy (non-hydrogen) atoms. The highest BCUT2D eigenvalue weighted by molar-refractivity contribution is 6.20. The van der Waals surface area contributed by atoms with Crippen molar-refractivity contribution in [3.63, 3.8) is 0 Å². The molecule has 0 amide bonds. The van der Waals surface area contributed by atoms with Crippen LogP contribution >= 0.6 is 0 Å². The SMILES string of the molecule is COC1=CC(=O)C2=C(OCO2)C1=O. The molecule has 0 saturated carbocycles. The highest BCUT2D eigenvalue weighted by atomic mass is 16.7. The predicted octanol–water partition coefficient (Wildman–Crippen LogP) is -0.116. The molecule has 2 rings (SSSR count). The van der Waals surface area contributed by atoms with Gasteiger partial charge in [-0.25, -0.2) is 0 Å². The fraction of sp³-hybridized carbons (Fsp3) is 0.250. The Balaban J connectivity index is 2.42. The van der Waals surface area contributed by atoms with Crippen molar-refractivity contribution in [2.45, 2.75) is 0 Å². The van der Waals surface area contributed by atoms with Gasteiger partial charge in [-0.2, -0.15) is 0 Å². The lowest BCUT2D eigenvalue weighted by Crippen LogP contribution is -2.18. The van der Waals surface area contributed by atoms with E-state index in [4.69, 9.17) is 14.2 Å². The van der Waals surface area contributed by atoms with E-state index < -0.39 is 11.6 Å². The topological polar surface area (TPSA) is 61.8 Å². The lowest BCUT2D eigenvalue weighted by molar-refractivity contribution is -0.120. The molecule has 1 aliphatic heterocycles. The van der Waals surface area contributed by atoms with E-state index in [2.05, 4.69) is 0 Å². The second-order valence-electron chi connectivity index (χ2n) is 2.47. The summed E-state index contributed by atoms with van der Waals surface area (Å²) in [6.07, 6.45) is 1.09. The molecule has 5 heteroatoms. The largest absolute Gasteiger partial charge is 0.492 e. The van der Waals surface area contributed by atoms with E-state index in [9.17, 15) is 9.59 Å². The van der Waals surface area contributed by atoms with E-state index in [1.54, 1.807) is 0 Å². The van der Waals surface area contributed by atoms with Crippen LogP contribution in [0.15, 0.2) is 23.4 Å². The highest BCUT2D eigenvalue weighted by Gasteiger charge is 2.36. The molecule has 0 bridgehead atoms. The third-order valence-electron chi connectivity index (χ3n) is 1.75. The molecule has 1 heterocycles. The van der Waals surface area contributed by atoms with Gasteiger partial charge in [-0.05, 0) is 0 Å². The van der Waals surface area contributed by atoms with Gasteiger partial charge in [0, 0.05) is 6.08 Å². The van der Waals surface area contributed by atoms with E-state index in [1.807, 2.05) is 0 Å². The van der Waals surface area contributed by atoms with E-state index in [0.717, 1.165) is 6.08 Å². The zero-order valence-electron chi connectivity index (χ0n) is 6.83. The van der Waals surface area contributed by atoms with Crippen LogP contribution < -0.4 is 0 Å². The number of rotatable bonds is 1. The summed E-state index contributed by atoms with van der Waals surface area (Å²) in [6.45, 7) is -0.0903. The van der Waals surface area contributed by atoms with Crippen molar-refractivity contribution in [1.29, 1.82) is 0 Å².